The van der Waals surface area contributed by atoms with Gasteiger partial charge in [-0.2, -0.15) is 0 Å². The number of carbonyl (C=O) groups is 4. The number of hydrogen-bond acceptors (Lipinski definition) is 6. The van der Waals surface area contributed by atoms with E-state index in [0.29, 0.717) is 18.8 Å². The molecule has 0 bridgehead atoms. The summed E-state index contributed by atoms with van der Waals surface area (Å²) in [6, 6.07) is 4.05. The van der Waals surface area contributed by atoms with Gasteiger partial charge in [-0.3, -0.25) is 29.4 Å². The predicted molar refractivity (Wildman–Crippen MR) is 92.8 cm³/mol. The van der Waals surface area contributed by atoms with Crippen LogP contribution in [0.2, 0.25) is 0 Å². The number of likely N-dealkylation sites (N-methyl/N-ethyl adjacent to an activating group) is 1. The fraction of sp³-hybridized carbons (Fsp3) is 0.375. The van der Waals surface area contributed by atoms with Crippen molar-refractivity contribution in [2.75, 3.05) is 25.5 Å². The van der Waals surface area contributed by atoms with E-state index in [1.807, 2.05) is 7.05 Å². The molecule has 9 heteroatoms. The van der Waals surface area contributed by atoms with Gasteiger partial charge in [-0.15, -0.1) is 12.4 Å². The SMILES string of the molecule is CNCCNc1cccc2c1C(=O)N(C1CCC(=O)NC1=O)C2=O.Cl. The lowest BCUT2D eigenvalue weighted by molar-refractivity contribution is -0.136. The topological polar surface area (TPSA) is 108 Å². The lowest BCUT2D eigenvalue weighted by Gasteiger charge is -2.27. The first-order valence-electron chi connectivity index (χ1n) is 7.77. The number of rotatable bonds is 5. The van der Waals surface area contributed by atoms with Crippen molar-refractivity contribution in [3.05, 3.63) is 29.3 Å². The zero-order chi connectivity index (χ0) is 17.3. The molecule has 1 fully saturated rings. The second-order valence-corrected chi connectivity index (χ2v) is 5.71. The molecular weight excluding hydrogens is 348 g/mol. The van der Waals surface area contributed by atoms with Crippen molar-refractivity contribution in [3.8, 4) is 0 Å². The minimum Gasteiger partial charge on any atom is -0.383 e. The van der Waals surface area contributed by atoms with Crippen LogP contribution in [0.1, 0.15) is 33.6 Å². The number of anilines is 1. The Bertz CT molecular complexity index is 737. The molecule has 1 aromatic rings. The zero-order valence-electron chi connectivity index (χ0n) is 13.6. The van der Waals surface area contributed by atoms with Crippen LogP contribution >= 0.6 is 12.4 Å². The average Bonchev–Trinajstić information content (AvgIpc) is 2.81. The van der Waals surface area contributed by atoms with Crippen molar-refractivity contribution in [1.82, 2.24) is 15.5 Å². The molecule has 0 aromatic heterocycles. The average molecular weight is 367 g/mol. The summed E-state index contributed by atoms with van der Waals surface area (Å²) in [5, 5.41) is 8.29. The molecule has 0 saturated carbocycles. The Morgan fingerprint density at radius 1 is 1.16 bits per heavy atom. The summed E-state index contributed by atoms with van der Waals surface area (Å²) in [6.45, 7) is 1.29. The smallest absolute Gasteiger partial charge is 0.264 e. The molecule has 1 aromatic carbocycles. The summed E-state index contributed by atoms with van der Waals surface area (Å²) in [6.07, 6.45) is 0.260. The molecule has 2 aliphatic heterocycles. The Morgan fingerprint density at radius 3 is 2.60 bits per heavy atom. The normalized spacial score (nSPS) is 19.4. The zero-order valence-corrected chi connectivity index (χ0v) is 14.4. The first-order valence-corrected chi connectivity index (χ1v) is 7.77. The number of nitrogens with zero attached hydrogens (tertiary/aromatic N) is 1. The molecule has 3 N–H and O–H groups in total. The van der Waals surface area contributed by atoms with Crippen LogP contribution in [0.25, 0.3) is 0 Å². The van der Waals surface area contributed by atoms with Crippen LogP contribution in [0, 0.1) is 0 Å². The van der Waals surface area contributed by atoms with Crippen LogP contribution in [-0.2, 0) is 9.59 Å². The van der Waals surface area contributed by atoms with Gasteiger partial charge in [0.15, 0.2) is 0 Å². The van der Waals surface area contributed by atoms with Gasteiger partial charge in [0.1, 0.15) is 6.04 Å². The molecule has 3 rings (SSSR count). The largest absolute Gasteiger partial charge is 0.383 e. The third kappa shape index (κ3) is 3.35. The van der Waals surface area contributed by atoms with E-state index in [4.69, 9.17) is 0 Å². The van der Waals surface area contributed by atoms with E-state index in [0.717, 1.165) is 4.90 Å². The fourth-order valence-electron chi connectivity index (χ4n) is 2.98. The Morgan fingerprint density at radius 2 is 1.92 bits per heavy atom. The third-order valence-corrected chi connectivity index (χ3v) is 4.16. The highest BCUT2D eigenvalue weighted by Gasteiger charge is 2.45. The van der Waals surface area contributed by atoms with Gasteiger partial charge in [0.25, 0.3) is 11.8 Å². The highest BCUT2D eigenvalue weighted by Crippen LogP contribution is 2.32. The Labute approximate surface area is 150 Å². The van der Waals surface area contributed by atoms with Crippen molar-refractivity contribution in [2.45, 2.75) is 18.9 Å². The summed E-state index contributed by atoms with van der Waals surface area (Å²) in [5.41, 5.74) is 1.12. The summed E-state index contributed by atoms with van der Waals surface area (Å²) in [5.74, 6) is -1.99. The molecular formula is C16H19ClN4O4. The number of benzene rings is 1. The first-order chi connectivity index (χ1) is 11.5. The molecule has 1 atom stereocenters. The van der Waals surface area contributed by atoms with Gasteiger partial charge >= 0.3 is 0 Å². The molecule has 8 nitrogen and oxygen atoms in total. The second kappa shape index (κ2) is 7.62. The summed E-state index contributed by atoms with van der Waals surface area (Å²) < 4.78 is 0. The van der Waals surface area contributed by atoms with Gasteiger partial charge < -0.3 is 10.6 Å². The number of imide groups is 2. The maximum atomic E-state index is 12.8. The van der Waals surface area contributed by atoms with E-state index < -0.39 is 23.8 Å². The lowest BCUT2D eigenvalue weighted by atomic mass is 10.0. The minimum atomic E-state index is -0.944. The molecule has 2 aliphatic rings. The number of hydrogen-bond donors (Lipinski definition) is 3. The van der Waals surface area contributed by atoms with Crippen molar-refractivity contribution >= 4 is 41.7 Å². The predicted octanol–water partition coefficient (Wildman–Crippen LogP) is 0.141. The van der Waals surface area contributed by atoms with E-state index >= 15 is 0 Å². The van der Waals surface area contributed by atoms with Gasteiger partial charge in [0.2, 0.25) is 11.8 Å². The standard InChI is InChI=1S/C16H18N4O4.ClH/c1-17-7-8-18-10-4-2-3-9-13(10)16(24)20(15(9)23)11-5-6-12(21)19-14(11)22;/h2-4,11,17-18H,5-8H2,1H3,(H,19,21,22);1H. The van der Waals surface area contributed by atoms with Crippen LogP contribution < -0.4 is 16.0 Å². The number of fused-ring (bicyclic) bond motifs is 1. The van der Waals surface area contributed by atoms with E-state index in [1.165, 1.54) is 0 Å². The van der Waals surface area contributed by atoms with Gasteiger partial charge in [-0.1, -0.05) is 6.07 Å². The molecule has 25 heavy (non-hydrogen) atoms. The molecule has 0 radical (unpaired) electrons. The Hall–Kier alpha value is -2.45. The van der Waals surface area contributed by atoms with Gasteiger partial charge in [-0.25, -0.2) is 0 Å². The summed E-state index contributed by atoms with van der Waals surface area (Å²) >= 11 is 0. The van der Waals surface area contributed by atoms with E-state index in [9.17, 15) is 19.2 Å². The van der Waals surface area contributed by atoms with Crippen LogP contribution in [0.5, 0.6) is 0 Å². The highest BCUT2D eigenvalue weighted by molar-refractivity contribution is 6.25. The van der Waals surface area contributed by atoms with Crippen LogP contribution in [0.4, 0.5) is 5.69 Å². The van der Waals surface area contributed by atoms with Gasteiger partial charge in [0.05, 0.1) is 11.1 Å². The quantitative estimate of drug-likeness (QED) is 0.505. The van der Waals surface area contributed by atoms with Crippen molar-refractivity contribution in [3.63, 3.8) is 0 Å². The lowest BCUT2D eigenvalue weighted by Crippen LogP contribution is -2.54. The minimum absolute atomic E-state index is 0. The highest BCUT2D eigenvalue weighted by atomic mass is 35.5. The van der Waals surface area contributed by atoms with Crippen LogP contribution in [0.15, 0.2) is 18.2 Å². The summed E-state index contributed by atoms with van der Waals surface area (Å²) in [4.78, 5) is 49.7. The molecule has 1 unspecified atom stereocenters. The van der Waals surface area contributed by atoms with Gasteiger partial charge in [0, 0.05) is 25.2 Å². The van der Waals surface area contributed by atoms with E-state index in [2.05, 4.69) is 16.0 Å². The van der Waals surface area contributed by atoms with Crippen LogP contribution in [0.3, 0.4) is 0 Å². The van der Waals surface area contributed by atoms with Crippen molar-refractivity contribution in [1.29, 1.82) is 0 Å². The number of carbonyl (C=O) groups excluding carboxylic acids is 4. The first kappa shape index (κ1) is 18.9. The van der Waals surface area contributed by atoms with E-state index in [1.54, 1.807) is 18.2 Å². The Balaban J connectivity index is 0.00000225. The number of piperidine rings is 1. The molecule has 0 spiro atoms. The molecule has 1 saturated heterocycles. The Kier molecular flexibility index (Phi) is 5.76. The van der Waals surface area contributed by atoms with Gasteiger partial charge in [-0.05, 0) is 25.6 Å². The molecule has 0 aliphatic carbocycles. The molecule has 134 valence electrons. The molecule has 2 heterocycles. The molecule has 4 amide bonds. The summed E-state index contributed by atoms with van der Waals surface area (Å²) in [7, 11) is 1.82. The maximum absolute atomic E-state index is 12.8. The monoisotopic (exact) mass is 366 g/mol. The van der Waals surface area contributed by atoms with Crippen molar-refractivity contribution in [2.24, 2.45) is 0 Å². The maximum Gasteiger partial charge on any atom is 0.264 e. The number of amides is 4. The number of halogens is 1. The van der Waals surface area contributed by atoms with Crippen molar-refractivity contribution < 1.29 is 19.2 Å². The van der Waals surface area contributed by atoms with E-state index in [-0.39, 0.29) is 42.3 Å². The number of nitrogens with one attached hydrogen (secondary N) is 3. The van der Waals surface area contributed by atoms with Crippen LogP contribution in [-0.4, -0.2) is 54.7 Å². The second-order valence-electron chi connectivity index (χ2n) is 5.71. The third-order valence-electron chi connectivity index (χ3n) is 4.16. The fourth-order valence-corrected chi connectivity index (χ4v) is 2.98.